The average Bonchev–Trinajstić information content (AvgIpc) is 2.46. The summed E-state index contributed by atoms with van der Waals surface area (Å²) in [5.41, 5.74) is 6.68. The molecule has 0 radical (unpaired) electrons. The summed E-state index contributed by atoms with van der Waals surface area (Å²) in [5.74, 6) is 1.03. The maximum Gasteiger partial charge on any atom is 0.222 e. The van der Waals surface area contributed by atoms with E-state index in [0.29, 0.717) is 24.6 Å². The molecule has 1 aliphatic rings. The van der Waals surface area contributed by atoms with Crippen molar-refractivity contribution in [2.24, 2.45) is 5.73 Å². The van der Waals surface area contributed by atoms with Gasteiger partial charge in [-0.3, -0.25) is 4.79 Å². The average molecular weight is 262 g/mol. The van der Waals surface area contributed by atoms with Crippen LogP contribution in [0.15, 0.2) is 24.3 Å². The lowest BCUT2D eigenvalue weighted by Crippen LogP contribution is -2.38. The van der Waals surface area contributed by atoms with Crippen molar-refractivity contribution in [3.63, 3.8) is 0 Å². The van der Waals surface area contributed by atoms with Gasteiger partial charge in [0.1, 0.15) is 5.75 Å². The molecular formula is C15H22N2O2. The monoisotopic (exact) mass is 262 g/mol. The van der Waals surface area contributed by atoms with Gasteiger partial charge in [-0.15, -0.1) is 0 Å². The van der Waals surface area contributed by atoms with Gasteiger partial charge in [-0.2, -0.15) is 0 Å². The molecule has 0 atom stereocenters. The summed E-state index contributed by atoms with van der Waals surface area (Å²) in [6.07, 6.45) is 3.34. The first-order chi connectivity index (χ1) is 9.20. The molecule has 0 spiro atoms. The zero-order valence-electron chi connectivity index (χ0n) is 11.2. The van der Waals surface area contributed by atoms with E-state index in [1.54, 1.807) is 12.1 Å². The first kappa shape index (κ1) is 13.9. The zero-order chi connectivity index (χ0) is 13.7. The van der Waals surface area contributed by atoms with Crippen LogP contribution in [0.25, 0.3) is 0 Å². The summed E-state index contributed by atoms with van der Waals surface area (Å²) in [6.45, 7) is 2.24. The molecule has 0 bridgehead atoms. The fourth-order valence-corrected chi connectivity index (χ4v) is 2.62. The second kappa shape index (κ2) is 6.57. The topological polar surface area (TPSA) is 66.6 Å². The maximum atomic E-state index is 11.9. The van der Waals surface area contributed by atoms with Crippen molar-refractivity contribution in [3.05, 3.63) is 29.8 Å². The quantitative estimate of drug-likeness (QED) is 0.870. The number of benzene rings is 1. The molecule has 0 aromatic heterocycles. The second-order valence-electron chi connectivity index (χ2n) is 5.14. The summed E-state index contributed by atoms with van der Waals surface area (Å²) >= 11 is 0. The Morgan fingerprint density at radius 2 is 1.89 bits per heavy atom. The van der Waals surface area contributed by atoms with Crippen molar-refractivity contribution in [2.75, 3.05) is 19.6 Å². The molecule has 1 aromatic carbocycles. The fourth-order valence-electron chi connectivity index (χ4n) is 2.62. The van der Waals surface area contributed by atoms with Gasteiger partial charge in [0, 0.05) is 19.5 Å². The molecular weight excluding hydrogens is 240 g/mol. The number of piperidine rings is 1. The van der Waals surface area contributed by atoms with Crippen LogP contribution in [0.2, 0.25) is 0 Å². The van der Waals surface area contributed by atoms with Crippen LogP contribution in [0, 0.1) is 0 Å². The highest BCUT2D eigenvalue weighted by atomic mass is 16.3. The summed E-state index contributed by atoms with van der Waals surface area (Å²) in [7, 11) is 0. The van der Waals surface area contributed by atoms with Crippen LogP contribution in [0.1, 0.15) is 37.2 Å². The minimum Gasteiger partial charge on any atom is -0.508 e. The number of amides is 1. The maximum absolute atomic E-state index is 11.9. The summed E-state index contributed by atoms with van der Waals surface area (Å²) in [6, 6.07) is 7.42. The molecule has 104 valence electrons. The standard InChI is InChI=1S/C15H22N2O2/c16-9-1-2-15(19)17-10-7-13(8-11-17)12-3-5-14(18)6-4-12/h3-6,13,18H,1-2,7-11,16H2. The smallest absolute Gasteiger partial charge is 0.222 e. The van der Waals surface area contributed by atoms with Crippen molar-refractivity contribution in [3.8, 4) is 5.75 Å². The zero-order valence-corrected chi connectivity index (χ0v) is 11.2. The van der Waals surface area contributed by atoms with Gasteiger partial charge in [0.05, 0.1) is 0 Å². The number of aromatic hydroxyl groups is 1. The SMILES string of the molecule is NCCCC(=O)N1CCC(c2ccc(O)cc2)CC1. The molecule has 0 saturated carbocycles. The Balaban J connectivity index is 1.85. The molecule has 2 rings (SSSR count). The van der Waals surface area contributed by atoms with E-state index in [9.17, 15) is 9.90 Å². The van der Waals surface area contributed by atoms with E-state index in [1.807, 2.05) is 17.0 Å². The molecule has 1 fully saturated rings. The first-order valence-electron chi connectivity index (χ1n) is 6.97. The van der Waals surface area contributed by atoms with E-state index in [-0.39, 0.29) is 5.91 Å². The molecule has 1 saturated heterocycles. The molecule has 4 nitrogen and oxygen atoms in total. The van der Waals surface area contributed by atoms with E-state index >= 15 is 0 Å². The minimum atomic E-state index is 0.231. The largest absolute Gasteiger partial charge is 0.508 e. The highest BCUT2D eigenvalue weighted by molar-refractivity contribution is 5.76. The Morgan fingerprint density at radius 1 is 1.26 bits per heavy atom. The number of carbonyl (C=O) groups is 1. The second-order valence-corrected chi connectivity index (χ2v) is 5.14. The Bertz CT molecular complexity index is 409. The number of likely N-dealkylation sites (tertiary alicyclic amines) is 1. The van der Waals surface area contributed by atoms with Gasteiger partial charge >= 0.3 is 0 Å². The van der Waals surface area contributed by atoms with E-state index in [1.165, 1.54) is 5.56 Å². The predicted octanol–water partition coefficient (Wildman–Crippen LogP) is 1.84. The van der Waals surface area contributed by atoms with E-state index < -0.39 is 0 Å². The molecule has 1 amide bonds. The molecule has 1 aromatic rings. The number of hydrogen-bond acceptors (Lipinski definition) is 3. The molecule has 3 N–H and O–H groups in total. The molecule has 0 unspecified atom stereocenters. The Labute approximate surface area is 114 Å². The number of rotatable bonds is 4. The number of carbonyl (C=O) groups excluding carboxylic acids is 1. The van der Waals surface area contributed by atoms with Crippen LogP contribution >= 0.6 is 0 Å². The van der Waals surface area contributed by atoms with Gasteiger partial charge in [0.15, 0.2) is 0 Å². The third kappa shape index (κ3) is 3.70. The molecule has 0 aliphatic carbocycles. The van der Waals surface area contributed by atoms with Crippen molar-refractivity contribution < 1.29 is 9.90 Å². The van der Waals surface area contributed by atoms with Crippen LogP contribution in [0.4, 0.5) is 0 Å². The molecule has 4 heteroatoms. The molecule has 19 heavy (non-hydrogen) atoms. The summed E-state index contributed by atoms with van der Waals surface area (Å²) in [4.78, 5) is 13.8. The number of phenolic OH excluding ortho intramolecular Hbond substituents is 1. The van der Waals surface area contributed by atoms with Gasteiger partial charge in [0.25, 0.3) is 0 Å². The number of hydrogen-bond donors (Lipinski definition) is 2. The van der Waals surface area contributed by atoms with Gasteiger partial charge in [-0.25, -0.2) is 0 Å². The normalized spacial score (nSPS) is 16.6. The first-order valence-corrected chi connectivity index (χ1v) is 6.97. The van der Waals surface area contributed by atoms with Crippen molar-refractivity contribution >= 4 is 5.91 Å². The van der Waals surface area contributed by atoms with Crippen molar-refractivity contribution in [2.45, 2.75) is 31.6 Å². The third-order valence-corrected chi connectivity index (χ3v) is 3.81. The third-order valence-electron chi connectivity index (χ3n) is 3.81. The number of phenols is 1. The van der Waals surface area contributed by atoms with E-state index in [2.05, 4.69) is 0 Å². The van der Waals surface area contributed by atoms with Gasteiger partial charge in [-0.05, 0) is 49.4 Å². The Kier molecular flexibility index (Phi) is 4.80. The molecule has 1 aliphatic heterocycles. The van der Waals surface area contributed by atoms with Gasteiger partial charge < -0.3 is 15.7 Å². The lowest BCUT2D eigenvalue weighted by molar-refractivity contribution is -0.132. The lowest BCUT2D eigenvalue weighted by atomic mass is 9.89. The summed E-state index contributed by atoms with van der Waals surface area (Å²) < 4.78 is 0. The van der Waals surface area contributed by atoms with Crippen LogP contribution in [-0.2, 0) is 4.79 Å². The van der Waals surface area contributed by atoms with E-state index in [4.69, 9.17) is 5.73 Å². The van der Waals surface area contributed by atoms with Gasteiger partial charge in [0.2, 0.25) is 5.91 Å². The van der Waals surface area contributed by atoms with Crippen LogP contribution in [0.5, 0.6) is 5.75 Å². The van der Waals surface area contributed by atoms with Crippen LogP contribution in [-0.4, -0.2) is 35.5 Å². The number of nitrogens with two attached hydrogens (primary N) is 1. The van der Waals surface area contributed by atoms with Crippen LogP contribution < -0.4 is 5.73 Å². The van der Waals surface area contributed by atoms with Gasteiger partial charge in [-0.1, -0.05) is 12.1 Å². The number of nitrogens with zero attached hydrogens (tertiary/aromatic N) is 1. The Morgan fingerprint density at radius 3 is 2.47 bits per heavy atom. The van der Waals surface area contributed by atoms with Crippen LogP contribution in [0.3, 0.4) is 0 Å². The lowest BCUT2D eigenvalue weighted by Gasteiger charge is -2.32. The fraction of sp³-hybridized carbons (Fsp3) is 0.533. The van der Waals surface area contributed by atoms with E-state index in [0.717, 1.165) is 32.4 Å². The highest BCUT2D eigenvalue weighted by Gasteiger charge is 2.23. The van der Waals surface area contributed by atoms with Crippen molar-refractivity contribution in [1.82, 2.24) is 4.90 Å². The highest BCUT2D eigenvalue weighted by Crippen LogP contribution is 2.29. The summed E-state index contributed by atoms with van der Waals surface area (Å²) in [5, 5.41) is 9.29. The predicted molar refractivity (Wildman–Crippen MR) is 75.0 cm³/mol. The molecule has 1 heterocycles. The minimum absolute atomic E-state index is 0.231. The van der Waals surface area contributed by atoms with Crippen molar-refractivity contribution in [1.29, 1.82) is 0 Å². The Hall–Kier alpha value is -1.55.